The number of hydrogen-bond acceptors (Lipinski definition) is 11. The number of thiazole rings is 1. The second-order valence-electron chi connectivity index (χ2n) is 15.2. The summed E-state index contributed by atoms with van der Waals surface area (Å²) in [7, 11) is -4.37. The number of carboxylic acid groups (broad SMARTS) is 1. The van der Waals surface area contributed by atoms with E-state index in [0.717, 1.165) is 49.2 Å². The first-order valence-corrected chi connectivity index (χ1v) is 22.6. The minimum absolute atomic E-state index is 0.0371. The zero-order valence-electron chi connectivity index (χ0n) is 33.7. The molecule has 0 bridgehead atoms. The van der Waals surface area contributed by atoms with Crippen LogP contribution in [0.25, 0.3) is 11.1 Å². The van der Waals surface area contributed by atoms with Crippen molar-refractivity contribution in [2.45, 2.75) is 69.2 Å². The van der Waals surface area contributed by atoms with Gasteiger partial charge in [0.1, 0.15) is 31.0 Å². The Kier molecular flexibility index (Phi) is 12.2. The number of aryl methyl sites for hydroxylation is 2. The number of nitrogens with zero attached hydrogens (tertiary/aromatic N) is 3. The molecule has 4 heterocycles. The number of nitrogens with two attached hydrogens (primary N) is 1. The number of nitrogen functional groups attached to an aromatic ring is 1. The van der Waals surface area contributed by atoms with Crippen LogP contribution in [0.5, 0.6) is 17.2 Å². The summed E-state index contributed by atoms with van der Waals surface area (Å²) in [6, 6.07) is 22.9. The molecule has 62 heavy (non-hydrogen) atoms. The molecular weight excluding hydrogens is 874 g/mol. The lowest BCUT2D eigenvalue weighted by Crippen LogP contribution is -2.55. The molecule has 0 fully saturated rings. The topological polar surface area (TPSA) is 183 Å². The second kappa shape index (κ2) is 17.6. The molecule has 4 aromatic carbocycles. The third-order valence-corrected chi connectivity index (χ3v) is 15.2. The zero-order chi connectivity index (χ0) is 43.9. The average Bonchev–Trinajstić information content (AvgIpc) is 3.61. The lowest BCUT2D eigenvalue weighted by atomic mass is 9.93. The van der Waals surface area contributed by atoms with Crippen LogP contribution < -0.4 is 25.3 Å². The number of amides is 1. The number of hydrogen-bond donors (Lipinski definition) is 3. The third kappa shape index (κ3) is 8.94. The minimum Gasteiger partial charge on any atom is -0.489 e. The van der Waals surface area contributed by atoms with Gasteiger partial charge in [-0.15, -0.1) is 0 Å². The van der Waals surface area contributed by atoms with Gasteiger partial charge in [-0.25, -0.2) is 18.2 Å². The maximum absolute atomic E-state index is 14.4. The molecule has 8 rings (SSSR count). The highest BCUT2D eigenvalue weighted by atomic mass is 35.5. The molecule has 6 aromatic rings. The summed E-state index contributed by atoms with van der Waals surface area (Å²) in [6.07, 6.45) is 1.15. The fourth-order valence-corrected chi connectivity index (χ4v) is 10.9. The molecule has 2 aliphatic heterocycles. The van der Waals surface area contributed by atoms with Crippen molar-refractivity contribution in [3.05, 3.63) is 146 Å². The third-order valence-electron chi connectivity index (χ3n) is 11.0. The van der Waals surface area contributed by atoms with Crippen molar-refractivity contribution >= 4 is 61.6 Å². The number of carbonyl (C=O) groups excluding carboxylic acids is 1. The number of pyridine rings is 1. The molecule has 1 amide bonds. The number of sulfonamides is 1. The normalized spacial score (nSPS) is 16.6. The number of carboxylic acids is 1. The number of aromatic nitrogens is 2. The molecule has 0 aliphatic carbocycles. The van der Waals surface area contributed by atoms with Crippen LogP contribution in [0.4, 0.5) is 5.13 Å². The predicted octanol–water partition coefficient (Wildman–Crippen LogP) is 8.04. The van der Waals surface area contributed by atoms with Crippen molar-refractivity contribution in [2.24, 2.45) is 0 Å². The van der Waals surface area contributed by atoms with Crippen molar-refractivity contribution < 1.29 is 37.3 Å². The number of nitrogens with one attached hydrogen (secondary N) is 1. The van der Waals surface area contributed by atoms with E-state index in [1.54, 1.807) is 30.5 Å². The van der Waals surface area contributed by atoms with Crippen molar-refractivity contribution in [1.29, 1.82) is 0 Å². The summed E-state index contributed by atoms with van der Waals surface area (Å²) in [6.45, 7) is 5.73. The Balaban J connectivity index is 1.01. The van der Waals surface area contributed by atoms with Crippen LogP contribution in [-0.2, 0) is 45.6 Å². The van der Waals surface area contributed by atoms with E-state index >= 15 is 0 Å². The van der Waals surface area contributed by atoms with E-state index in [2.05, 4.69) is 15.3 Å². The average molecular weight is 915 g/mol. The lowest BCUT2D eigenvalue weighted by Gasteiger charge is -2.36. The maximum Gasteiger partial charge on any atom is 0.326 e. The van der Waals surface area contributed by atoms with E-state index in [9.17, 15) is 23.1 Å². The van der Waals surface area contributed by atoms with E-state index in [1.807, 2.05) is 74.5 Å². The van der Waals surface area contributed by atoms with Crippen LogP contribution in [0.15, 0.2) is 95.3 Å². The first kappa shape index (κ1) is 43.0. The Morgan fingerprint density at radius 2 is 1.68 bits per heavy atom. The monoisotopic (exact) mass is 913 g/mol. The van der Waals surface area contributed by atoms with Crippen LogP contribution in [0.2, 0.25) is 10.0 Å². The Labute approximate surface area is 372 Å². The van der Waals surface area contributed by atoms with E-state index in [0.29, 0.717) is 50.6 Å². The molecule has 4 N–H and O–H groups in total. The molecule has 17 heteroatoms. The fraction of sp³-hybridized carbons (Fsp3) is 0.244. The maximum atomic E-state index is 14.4. The van der Waals surface area contributed by atoms with Crippen LogP contribution in [0.3, 0.4) is 0 Å². The SMILES string of the molecule is Cc1nc(N)sc1S(=O)(=O)N1Cc2cc3c(cc2C[C@H]1C(=O)N[C@@H](Cc1ccc(-c2ccnc(C)c2C)cc1)C(=O)O)OC[C@H](c1ccc(OCc2ccc(Cl)c(Cl)c2)cc1)O3. The van der Waals surface area contributed by atoms with Crippen molar-refractivity contribution in [1.82, 2.24) is 19.6 Å². The van der Waals surface area contributed by atoms with Crippen molar-refractivity contribution in [3.63, 3.8) is 0 Å². The number of anilines is 1. The highest BCUT2D eigenvalue weighted by Crippen LogP contribution is 2.42. The standard InChI is InChI=1S/C45H41Cl2N5O8S2/c1-24-25(2)49-15-14-34(24)29-7-4-27(5-8-29)17-37(43(54)55)51-42(53)38-18-31-19-39-40(20-32(31)21-52(38)62(56,57)44-26(3)50-45(48)61-44)60-41(23-59-39)30-9-11-33(12-10-30)58-22-28-6-13-35(46)36(47)16-28/h4-16,19-20,37-38,41H,17-18,21-23H2,1-3H3,(H2,48,50)(H,51,53)(H,54,55)/t37-,38-,41+/m0/s1. The number of carbonyl (C=O) groups is 2. The van der Waals surface area contributed by atoms with Crippen LogP contribution in [-0.4, -0.2) is 58.4 Å². The van der Waals surface area contributed by atoms with Gasteiger partial charge in [0, 0.05) is 24.9 Å². The number of fused-ring (bicyclic) bond motifs is 2. The fourth-order valence-electron chi connectivity index (χ4n) is 7.57. The highest BCUT2D eigenvalue weighted by Gasteiger charge is 2.43. The van der Waals surface area contributed by atoms with Crippen molar-refractivity contribution in [3.8, 4) is 28.4 Å². The second-order valence-corrected chi connectivity index (χ2v) is 19.1. The molecule has 0 spiro atoms. The Bertz CT molecular complexity index is 2800. The minimum atomic E-state index is -4.37. The molecule has 2 aliphatic rings. The Morgan fingerprint density at radius 3 is 2.37 bits per heavy atom. The van der Waals surface area contributed by atoms with Crippen LogP contribution >= 0.6 is 34.5 Å². The van der Waals surface area contributed by atoms with Crippen LogP contribution in [0, 0.1) is 20.8 Å². The van der Waals surface area contributed by atoms with Crippen LogP contribution in [0.1, 0.15) is 50.9 Å². The number of benzene rings is 4. The van der Waals surface area contributed by atoms with Gasteiger partial charge in [-0.1, -0.05) is 77.0 Å². The summed E-state index contributed by atoms with van der Waals surface area (Å²) >= 11 is 13.0. The molecule has 0 saturated carbocycles. The molecule has 0 radical (unpaired) electrons. The largest absolute Gasteiger partial charge is 0.489 e. The lowest BCUT2D eigenvalue weighted by molar-refractivity contribution is -0.142. The number of rotatable bonds is 12. The van der Waals surface area contributed by atoms with E-state index < -0.39 is 40.1 Å². The van der Waals surface area contributed by atoms with Gasteiger partial charge >= 0.3 is 5.97 Å². The molecule has 13 nitrogen and oxygen atoms in total. The van der Waals surface area contributed by atoms with E-state index in [1.165, 1.54) is 6.92 Å². The summed E-state index contributed by atoms with van der Waals surface area (Å²) in [4.78, 5) is 35.3. The van der Waals surface area contributed by atoms with Gasteiger partial charge in [0.05, 0.1) is 15.7 Å². The summed E-state index contributed by atoms with van der Waals surface area (Å²) in [5.41, 5.74) is 13.6. The van der Waals surface area contributed by atoms with Gasteiger partial charge in [0.25, 0.3) is 10.0 Å². The first-order chi connectivity index (χ1) is 29.6. The van der Waals surface area contributed by atoms with Gasteiger partial charge in [-0.2, -0.15) is 4.31 Å². The molecule has 2 aromatic heterocycles. The zero-order valence-corrected chi connectivity index (χ0v) is 36.9. The number of ether oxygens (including phenoxy) is 3. The molecule has 0 saturated heterocycles. The summed E-state index contributed by atoms with van der Waals surface area (Å²) in [5.74, 6) is -0.545. The first-order valence-electron chi connectivity index (χ1n) is 19.6. The van der Waals surface area contributed by atoms with Gasteiger partial charge in [0.15, 0.2) is 26.9 Å². The quantitative estimate of drug-likeness (QED) is 0.108. The summed E-state index contributed by atoms with van der Waals surface area (Å²) < 4.78 is 48.4. The predicted molar refractivity (Wildman–Crippen MR) is 236 cm³/mol. The summed E-state index contributed by atoms with van der Waals surface area (Å²) in [5, 5.41) is 13.9. The molecule has 0 unspecified atom stereocenters. The van der Waals surface area contributed by atoms with Gasteiger partial charge in [0.2, 0.25) is 5.91 Å². The molecule has 3 atom stereocenters. The van der Waals surface area contributed by atoms with Crippen molar-refractivity contribution in [2.75, 3.05) is 12.3 Å². The number of aliphatic carboxylic acids is 1. The molecule has 320 valence electrons. The van der Waals surface area contributed by atoms with Gasteiger partial charge in [-0.3, -0.25) is 9.78 Å². The van der Waals surface area contributed by atoms with E-state index in [4.69, 9.17) is 43.1 Å². The van der Waals surface area contributed by atoms with E-state index in [-0.39, 0.29) is 41.0 Å². The smallest absolute Gasteiger partial charge is 0.326 e. The number of halogens is 2. The Morgan fingerprint density at radius 1 is 0.952 bits per heavy atom. The molecular formula is C45H41Cl2N5O8S2. The highest BCUT2D eigenvalue weighted by molar-refractivity contribution is 7.91. The van der Waals surface area contributed by atoms with Gasteiger partial charge in [-0.05, 0) is 114 Å². The van der Waals surface area contributed by atoms with Gasteiger partial charge < -0.3 is 30.4 Å². The Hall–Kier alpha value is -5.71.